The van der Waals surface area contributed by atoms with Crippen LogP contribution >= 0.6 is 0 Å². The van der Waals surface area contributed by atoms with Crippen LogP contribution in [0.3, 0.4) is 0 Å². The number of pyridine rings is 1. The van der Waals surface area contributed by atoms with Gasteiger partial charge < -0.3 is 4.90 Å². The van der Waals surface area contributed by atoms with Gasteiger partial charge in [-0.1, -0.05) is 115 Å². The van der Waals surface area contributed by atoms with Crippen molar-refractivity contribution in [2.45, 2.75) is 0 Å². The fourth-order valence-electron chi connectivity index (χ4n) is 6.20. The molecule has 0 unspecified atom stereocenters. The molecule has 0 atom stereocenters. The summed E-state index contributed by atoms with van der Waals surface area (Å²) in [4.78, 5) is 7.13. The summed E-state index contributed by atoms with van der Waals surface area (Å²) in [5.41, 5.74) is 9.11. The van der Waals surface area contributed by atoms with Crippen molar-refractivity contribution in [2.75, 3.05) is 4.90 Å². The van der Waals surface area contributed by atoms with Crippen LogP contribution in [0, 0.1) is 0 Å². The smallest absolute Gasteiger partial charge is 0.0786 e. The zero-order valence-electron chi connectivity index (χ0n) is 23.6. The lowest BCUT2D eigenvalue weighted by molar-refractivity contribution is 1.28. The second-order valence-corrected chi connectivity index (χ2v) is 10.8. The highest BCUT2D eigenvalue weighted by Crippen LogP contribution is 2.38. The standard InChI is InChI=1S/C41H28N2/c1-3-11-33(12-4-1)43(34-13-5-2-6-14-34)35-24-21-30(22-25-35)29-17-19-32(20-18-29)39-28-40-36-15-8-7-10-31(36)23-26-37(40)38-16-9-27-42-41(38)39/h1-28H. The maximum Gasteiger partial charge on any atom is 0.0786 e. The highest BCUT2D eigenvalue weighted by Gasteiger charge is 2.14. The fraction of sp³-hybridized carbons (Fsp3) is 0. The van der Waals surface area contributed by atoms with Crippen LogP contribution in [0.1, 0.15) is 0 Å². The average molecular weight is 549 g/mol. The second kappa shape index (κ2) is 10.6. The van der Waals surface area contributed by atoms with E-state index in [0.29, 0.717) is 0 Å². The molecule has 2 nitrogen and oxygen atoms in total. The molecule has 0 spiro atoms. The minimum Gasteiger partial charge on any atom is -0.311 e. The van der Waals surface area contributed by atoms with Crippen LogP contribution in [0.2, 0.25) is 0 Å². The van der Waals surface area contributed by atoms with Gasteiger partial charge in [-0.25, -0.2) is 0 Å². The van der Waals surface area contributed by atoms with Gasteiger partial charge in [0, 0.05) is 34.2 Å². The predicted octanol–water partition coefficient (Wildman–Crippen LogP) is 11.3. The van der Waals surface area contributed by atoms with Crippen LogP contribution in [-0.2, 0) is 0 Å². The molecule has 0 aliphatic rings. The molecule has 0 bridgehead atoms. The lowest BCUT2D eigenvalue weighted by Crippen LogP contribution is -2.09. The molecule has 1 aromatic heterocycles. The number of fused-ring (bicyclic) bond motifs is 5. The lowest BCUT2D eigenvalue weighted by Gasteiger charge is -2.25. The van der Waals surface area contributed by atoms with Crippen LogP contribution in [0.4, 0.5) is 17.1 Å². The number of hydrogen-bond donors (Lipinski definition) is 0. The monoisotopic (exact) mass is 548 g/mol. The molecule has 0 saturated carbocycles. The van der Waals surface area contributed by atoms with Crippen molar-refractivity contribution < 1.29 is 0 Å². The molecule has 43 heavy (non-hydrogen) atoms. The van der Waals surface area contributed by atoms with Gasteiger partial charge in [-0.05, 0) is 86.8 Å². The Hall–Kier alpha value is -5.73. The SMILES string of the molecule is c1ccc(N(c2ccccc2)c2ccc(-c3ccc(-c4cc5c6ccccc6ccc5c5cccnc45)cc3)cc2)cc1. The molecular formula is C41H28N2. The van der Waals surface area contributed by atoms with Crippen molar-refractivity contribution in [3.05, 3.63) is 170 Å². The van der Waals surface area contributed by atoms with E-state index < -0.39 is 0 Å². The summed E-state index contributed by atoms with van der Waals surface area (Å²) in [6.45, 7) is 0. The summed E-state index contributed by atoms with van der Waals surface area (Å²) in [6, 6.07) is 58.3. The molecule has 0 aliphatic heterocycles. The van der Waals surface area contributed by atoms with Gasteiger partial charge in [-0.3, -0.25) is 4.98 Å². The molecule has 202 valence electrons. The topological polar surface area (TPSA) is 16.1 Å². The zero-order chi connectivity index (χ0) is 28.6. The first-order chi connectivity index (χ1) is 21.3. The summed E-state index contributed by atoms with van der Waals surface area (Å²) in [5, 5.41) is 6.20. The maximum atomic E-state index is 4.84. The third-order valence-corrected chi connectivity index (χ3v) is 8.30. The van der Waals surface area contributed by atoms with Crippen LogP contribution in [0.15, 0.2) is 170 Å². The van der Waals surface area contributed by atoms with E-state index in [1.54, 1.807) is 0 Å². The van der Waals surface area contributed by atoms with E-state index in [1.807, 2.05) is 12.3 Å². The van der Waals surface area contributed by atoms with E-state index in [1.165, 1.54) is 43.6 Å². The van der Waals surface area contributed by atoms with E-state index in [2.05, 4.69) is 163 Å². The van der Waals surface area contributed by atoms with Crippen molar-refractivity contribution in [3.8, 4) is 22.3 Å². The van der Waals surface area contributed by atoms with Gasteiger partial charge in [0.25, 0.3) is 0 Å². The van der Waals surface area contributed by atoms with Crippen LogP contribution in [-0.4, -0.2) is 4.98 Å². The third kappa shape index (κ3) is 4.50. The normalized spacial score (nSPS) is 11.3. The Kier molecular flexibility index (Phi) is 6.16. The number of benzene rings is 7. The largest absolute Gasteiger partial charge is 0.311 e. The Morgan fingerprint density at radius 1 is 0.372 bits per heavy atom. The molecule has 0 N–H and O–H groups in total. The highest BCUT2D eigenvalue weighted by molar-refractivity contribution is 6.20. The summed E-state index contributed by atoms with van der Waals surface area (Å²) in [6.07, 6.45) is 1.89. The molecule has 8 aromatic rings. The van der Waals surface area contributed by atoms with Crippen LogP contribution in [0.25, 0.3) is 54.7 Å². The Balaban J connectivity index is 1.17. The minimum absolute atomic E-state index is 1.03. The van der Waals surface area contributed by atoms with Crippen molar-refractivity contribution in [1.82, 2.24) is 4.98 Å². The average Bonchev–Trinajstić information content (AvgIpc) is 3.09. The first kappa shape index (κ1) is 25.0. The Morgan fingerprint density at radius 3 is 1.63 bits per heavy atom. The van der Waals surface area contributed by atoms with Gasteiger partial charge in [0.2, 0.25) is 0 Å². The maximum absolute atomic E-state index is 4.84. The fourth-order valence-corrected chi connectivity index (χ4v) is 6.20. The number of nitrogens with zero attached hydrogens (tertiary/aromatic N) is 2. The molecular weight excluding hydrogens is 520 g/mol. The van der Waals surface area contributed by atoms with E-state index in [-0.39, 0.29) is 0 Å². The highest BCUT2D eigenvalue weighted by atomic mass is 15.1. The Morgan fingerprint density at radius 2 is 0.930 bits per heavy atom. The number of rotatable bonds is 5. The molecule has 2 heteroatoms. The summed E-state index contributed by atoms with van der Waals surface area (Å²) < 4.78 is 0. The molecule has 0 aliphatic carbocycles. The van der Waals surface area contributed by atoms with Crippen LogP contribution < -0.4 is 4.90 Å². The van der Waals surface area contributed by atoms with Crippen LogP contribution in [0.5, 0.6) is 0 Å². The van der Waals surface area contributed by atoms with Gasteiger partial charge in [-0.2, -0.15) is 0 Å². The van der Waals surface area contributed by atoms with Gasteiger partial charge >= 0.3 is 0 Å². The van der Waals surface area contributed by atoms with Crippen molar-refractivity contribution >= 4 is 49.5 Å². The number of anilines is 3. The first-order valence-electron chi connectivity index (χ1n) is 14.6. The van der Waals surface area contributed by atoms with Gasteiger partial charge in [0.1, 0.15) is 0 Å². The molecule has 0 saturated heterocycles. The third-order valence-electron chi connectivity index (χ3n) is 8.30. The second-order valence-electron chi connectivity index (χ2n) is 10.8. The minimum atomic E-state index is 1.03. The number of hydrogen-bond acceptors (Lipinski definition) is 2. The number of para-hydroxylation sites is 2. The predicted molar refractivity (Wildman–Crippen MR) is 182 cm³/mol. The summed E-state index contributed by atoms with van der Waals surface area (Å²) in [5.74, 6) is 0. The Labute approximate surface area is 251 Å². The zero-order valence-corrected chi connectivity index (χ0v) is 23.6. The van der Waals surface area contributed by atoms with Gasteiger partial charge in [-0.15, -0.1) is 0 Å². The molecule has 8 rings (SSSR count). The van der Waals surface area contributed by atoms with E-state index in [9.17, 15) is 0 Å². The molecule has 0 amide bonds. The van der Waals surface area contributed by atoms with E-state index >= 15 is 0 Å². The quantitative estimate of drug-likeness (QED) is 0.199. The van der Waals surface area contributed by atoms with Gasteiger partial charge in [0.15, 0.2) is 0 Å². The lowest BCUT2D eigenvalue weighted by atomic mass is 9.92. The molecule has 0 fully saturated rings. The van der Waals surface area contributed by atoms with Crippen molar-refractivity contribution in [3.63, 3.8) is 0 Å². The molecule has 7 aromatic carbocycles. The van der Waals surface area contributed by atoms with Gasteiger partial charge in [0.05, 0.1) is 5.52 Å². The summed E-state index contributed by atoms with van der Waals surface area (Å²) in [7, 11) is 0. The van der Waals surface area contributed by atoms with Crippen molar-refractivity contribution in [1.29, 1.82) is 0 Å². The summed E-state index contributed by atoms with van der Waals surface area (Å²) >= 11 is 0. The first-order valence-corrected chi connectivity index (χ1v) is 14.6. The Bertz CT molecular complexity index is 2160. The van der Waals surface area contributed by atoms with Crippen molar-refractivity contribution in [2.24, 2.45) is 0 Å². The number of aromatic nitrogens is 1. The molecule has 1 heterocycles. The van der Waals surface area contributed by atoms with E-state index in [4.69, 9.17) is 4.98 Å². The molecule has 0 radical (unpaired) electrons. The van der Waals surface area contributed by atoms with E-state index in [0.717, 1.165) is 28.1 Å².